The highest BCUT2D eigenvalue weighted by molar-refractivity contribution is 6.35. The van der Waals surface area contributed by atoms with E-state index in [2.05, 4.69) is 10.3 Å². The maximum atomic E-state index is 13.4. The van der Waals surface area contributed by atoms with Crippen molar-refractivity contribution in [3.8, 4) is 17.7 Å². The van der Waals surface area contributed by atoms with E-state index in [9.17, 15) is 14.9 Å². The third kappa shape index (κ3) is 5.15. The number of aryl methyl sites for hydroxylation is 1. The van der Waals surface area contributed by atoms with Crippen LogP contribution in [-0.2, 0) is 4.79 Å². The average molecular weight is 526 g/mol. The molecule has 10 heteroatoms. The second kappa shape index (κ2) is 10.2. The van der Waals surface area contributed by atoms with Gasteiger partial charge in [0.15, 0.2) is 0 Å². The number of benzene rings is 2. The minimum absolute atomic E-state index is 0.120. The number of aromatic nitrogens is 2. The first kappa shape index (κ1) is 24.3. The molecule has 4 aromatic rings. The Hall–Kier alpha value is -3.83. The van der Waals surface area contributed by atoms with Crippen molar-refractivity contribution in [1.82, 2.24) is 9.38 Å². The molecule has 1 N–H and O–H groups in total. The fourth-order valence-electron chi connectivity index (χ4n) is 3.20. The molecule has 0 fully saturated rings. The molecule has 0 bridgehead atoms. The molecule has 4 rings (SSSR count). The van der Waals surface area contributed by atoms with Crippen LogP contribution in [0.3, 0.4) is 0 Å². The number of fused-ring (bicyclic) bond motifs is 1. The lowest BCUT2D eigenvalue weighted by atomic mass is 10.1. The molecule has 2 heterocycles. The van der Waals surface area contributed by atoms with Crippen LogP contribution in [0, 0.1) is 18.3 Å². The molecule has 0 unspecified atom stereocenters. The summed E-state index contributed by atoms with van der Waals surface area (Å²) in [6, 6.07) is 16.4. The van der Waals surface area contributed by atoms with Crippen molar-refractivity contribution in [2.45, 2.75) is 6.92 Å². The van der Waals surface area contributed by atoms with Crippen LogP contribution < -0.4 is 15.6 Å². The normalized spacial score (nSPS) is 11.2. The molecular weight excluding hydrogens is 511 g/mol. The molecule has 0 atom stereocenters. The lowest BCUT2D eigenvalue weighted by Crippen LogP contribution is -2.20. The van der Waals surface area contributed by atoms with Gasteiger partial charge < -0.3 is 10.1 Å². The molecule has 0 saturated carbocycles. The van der Waals surface area contributed by atoms with E-state index in [1.807, 2.05) is 6.07 Å². The van der Waals surface area contributed by atoms with Crippen molar-refractivity contribution in [2.75, 3.05) is 5.32 Å². The summed E-state index contributed by atoms with van der Waals surface area (Å²) in [6.45, 7) is 1.79. The van der Waals surface area contributed by atoms with Gasteiger partial charge in [-0.3, -0.25) is 14.0 Å². The van der Waals surface area contributed by atoms with Crippen molar-refractivity contribution in [1.29, 1.82) is 5.26 Å². The van der Waals surface area contributed by atoms with Crippen LogP contribution in [0.2, 0.25) is 15.1 Å². The summed E-state index contributed by atoms with van der Waals surface area (Å²) < 4.78 is 7.18. The molecule has 0 aliphatic heterocycles. The van der Waals surface area contributed by atoms with Crippen LogP contribution in [0.1, 0.15) is 11.1 Å². The zero-order valence-electron chi connectivity index (χ0n) is 18.1. The van der Waals surface area contributed by atoms with Gasteiger partial charge in [-0.1, -0.05) is 53.0 Å². The first-order valence-corrected chi connectivity index (χ1v) is 11.2. The number of hydrogen-bond donors (Lipinski definition) is 1. The van der Waals surface area contributed by atoms with E-state index in [1.165, 1.54) is 22.7 Å². The third-order valence-corrected chi connectivity index (χ3v) is 5.79. The quantitative estimate of drug-likeness (QED) is 0.244. The predicted molar refractivity (Wildman–Crippen MR) is 136 cm³/mol. The molecule has 1 amide bonds. The van der Waals surface area contributed by atoms with Crippen LogP contribution in [0.25, 0.3) is 11.7 Å². The third-order valence-electron chi connectivity index (χ3n) is 4.93. The van der Waals surface area contributed by atoms with Crippen molar-refractivity contribution in [2.24, 2.45) is 0 Å². The zero-order valence-corrected chi connectivity index (χ0v) is 20.3. The van der Waals surface area contributed by atoms with Crippen LogP contribution in [0.4, 0.5) is 5.69 Å². The van der Waals surface area contributed by atoms with Crippen LogP contribution in [-0.4, -0.2) is 15.3 Å². The fraction of sp³-hybridized carbons (Fsp3) is 0.0400. The highest BCUT2D eigenvalue weighted by Gasteiger charge is 2.19. The Labute approximate surface area is 214 Å². The smallest absolute Gasteiger partial charge is 0.269 e. The zero-order chi connectivity index (χ0) is 25.1. The van der Waals surface area contributed by atoms with Gasteiger partial charge in [-0.2, -0.15) is 10.2 Å². The van der Waals surface area contributed by atoms with E-state index in [0.717, 1.165) is 6.08 Å². The Bertz CT molecular complexity index is 1610. The van der Waals surface area contributed by atoms with Crippen molar-refractivity contribution in [3.05, 3.63) is 103 Å². The number of carbonyl (C=O) groups is 1. The molecule has 0 aliphatic carbocycles. The minimum Gasteiger partial charge on any atom is -0.437 e. The second-order valence-electron chi connectivity index (χ2n) is 7.30. The first-order valence-electron chi connectivity index (χ1n) is 10.1. The van der Waals surface area contributed by atoms with E-state index < -0.39 is 11.5 Å². The van der Waals surface area contributed by atoms with Gasteiger partial charge >= 0.3 is 0 Å². The average Bonchev–Trinajstić information content (AvgIpc) is 2.83. The summed E-state index contributed by atoms with van der Waals surface area (Å²) >= 11 is 18.3. The van der Waals surface area contributed by atoms with Gasteiger partial charge in [0.25, 0.3) is 11.5 Å². The van der Waals surface area contributed by atoms with E-state index in [4.69, 9.17) is 39.5 Å². The maximum Gasteiger partial charge on any atom is 0.269 e. The SMILES string of the molecule is Cc1cccn2c(=O)c(/C=C(/C#N)C(=O)Nc3ccccc3Cl)c(Oc3ccc(Cl)cc3Cl)nc12. The Morgan fingerprint density at radius 2 is 1.89 bits per heavy atom. The lowest BCUT2D eigenvalue weighted by Gasteiger charge is -2.12. The van der Waals surface area contributed by atoms with E-state index in [0.29, 0.717) is 26.9 Å². The van der Waals surface area contributed by atoms with Crippen LogP contribution in [0.5, 0.6) is 11.6 Å². The van der Waals surface area contributed by atoms with Crippen molar-refractivity contribution in [3.63, 3.8) is 0 Å². The highest BCUT2D eigenvalue weighted by atomic mass is 35.5. The summed E-state index contributed by atoms with van der Waals surface area (Å²) in [7, 11) is 0. The number of pyridine rings is 1. The summed E-state index contributed by atoms with van der Waals surface area (Å²) in [6.07, 6.45) is 2.65. The molecule has 174 valence electrons. The maximum absolute atomic E-state index is 13.4. The Morgan fingerprint density at radius 1 is 1.11 bits per heavy atom. The van der Waals surface area contributed by atoms with E-state index in [1.54, 1.807) is 49.4 Å². The fourth-order valence-corrected chi connectivity index (χ4v) is 3.83. The molecule has 0 spiro atoms. The van der Waals surface area contributed by atoms with E-state index >= 15 is 0 Å². The van der Waals surface area contributed by atoms with Crippen molar-refractivity contribution >= 4 is 58.1 Å². The number of para-hydroxylation sites is 1. The Balaban J connectivity index is 1.86. The van der Waals surface area contributed by atoms with Gasteiger partial charge in [0, 0.05) is 11.2 Å². The summed E-state index contributed by atoms with van der Waals surface area (Å²) in [5, 5.41) is 13.1. The number of ether oxygens (including phenoxy) is 1. The number of carbonyl (C=O) groups excluding carboxylic acids is 1. The number of nitrogens with one attached hydrogen (secondary N) is 1. The molecular formula is C25H15Cl3N4O3. The lowest BCUT2D eigenvalue weighted by molar-refractivity contribution is -0.112. The molecule has 2 aromatic carbocycles. The van der Waals surface area contributed by atoms with Gasteiger partial charge in [-0.15, -0.1) is 0 Å². The monoisotopic (exact) mass is 524 g/mol. The molecule has 7 nitrogen and oxygen atoms in total. The Kier molecular flexibility index (Phi) is 7.08. The van der Waals surface area contributed by atoms with Gasteiger partial charge in [-0.05, 0) is 55.0 Å². The minimum atomic E-state index is -0.759. The number of halogens is 3. The molecule has 2 aromatic heterocycles. The first-order chi connectivity index (χ1) is 16.8. The number of hydrogen-bond acceptors (Lipinski definition) is 5. The Morgan fingerprint density at radius 3 is 2.60 bits per heavy atom. The van der Waals surface area contributed by atoms with Gasteiger partial charge in [0.05, 0.1) is 15.7 Å². The summed E-state index contributed by atoms with van der Waals surface area (Å²) in [4.78, 5) is 30.7. The topological polar surface area (TPSA) is 96.5 Å². The number of amides is 1. The molecule has 0 radical (unpaired) electrons. The standard InChI is InChI=1S/C25H15Cl3N4O3/c1-14-5-4-10-32-22(14)31-24(35-21-9-8-16(26)12-19(21)28)17(25(32)34)11-15(13-29)23(33)30-20-7-3-2-6-18(20)27/h2-12H,1H3,(H,30,33)/b15-11-. The number of anilines is 1. The van der Waals surface area contributed by atoms with Gasteiger partial charge in [0.2, 0.25) is 5.88 Å². The number of nitrogens with zero attached hydrogens (tertiary/aromatic N) is 3. The van der Waals surface area contributed by atoms with Gasteiger partial charge in [0.1, 0.15) is 28.6 Å². The highest BCUT2D eigenvalue weighted by Crippen LogP contribution is 2.32. The molecule has 35 heavy (non-hydrogen) atoms. The summed E-state index contributed by atoms with van der Waals surface area (Å²) in [5.74, 6) is -0.703. The second-order valence-corrected chi connectivity index (χ2v) is 8.55. The molecule has 0 aliphatic rings. The van der Waals surface area contributed by atoms with Crippen LogP contribution in [0.15, 0.2) is 71.2 Å². The summed E-state index contributed by atoms with van der Waals surface area (Å²) in [5.41, 5.74) is 0.345. The number of nitriles is 1. The van der Waals surface area contributed by atoms with Crippen LogP contribution >= 0.6 is 34.8 Å². The largest absolute Gasteiger partial charge is 0.437 e. The van der Waals surface area contributed by atoms with E-state index in [-0.39, 0.29) is 27.8 Å². The van der Waals surface area contributed by atoms with Gasteiger partial charge in [-0.25, -0.2) is 0 Å². The number of rotatable bonds is 5. The van der Waals surface area contributed by atoms with Crippen molar-refractivity contribution < 1.29 is 9.53 Å². The predicted octanol–water partition coefficient (Wildman–Crippen LogP) is 6.30. The molecule has 0 saturated heterocycles.